The Bertz CT molecular complexity index is 1020. The van der Waals surface area contributed by atoms with Crippen molar-refractivity contribution in [1.29, 1.82) is 0 Å². The third-order valence-corrected chi connectivity index (χ3v) is 4.14. The van der Waals surface area contributed by atoms with Crippen LogP contribution >= 0.6 is 0 Å². The first-order valence-corrected chi connectivity index (χ1v) is 9.85. The molecule has 31 heavy (non-hydrogen) atoms. The number of carbonyl (C=O) groups is 1. The van der Waals surface area contributed by atoms with Crippen LogP contribution in [-0.2, 0) is 11.2 Å². The van der Waals surface area contributed by atoms with Crippen LogP contribution in [0.15, 0.2) is 30.3 Å². The van der Waals surface area contributed by atoms with Gasteiger partial charge in [-0.25, -0.2) is 4.39 Å². The molecule has 0 saturated heterocycles. The quantitative estimate of drug-likeness (QED) is 0.364. The largest absolute Gasteiger partial charge is 0.354 e. The van der Waals surface area contributed by atoms with Crippen LogP contribution in [0.5, 0.6) is 0 Å². The maximum Gasteiger partial charge on any atom is 0.233 e. The van der Waals surface area contributed by atoms with E-state index in [9.17, 15) is 9.18 Å². The molecule has 2 heterocycles. The van der Waals surface area contributed by atoms with Crippen LogP contribution in [0, 0.1) is 12.7 Å². The molecule has 164 valence electrons. The minimum atomic E-state index is -0.412. The molecule has 0 aliphatic heterocycles. The van der Waals surface area contributed by atoms with Crippen molar-refractivity contribution in [3.63, 3.8) is 0 Å². The second kappa shape index (κ2) is 10.4. The van der Waals surface area contributed by atoms with E-state index in [4.69, 9.17) is 0 Å². The first-order chi connectivity index (χ1) is 14.9. The van der Waals surface area contributed by atoms with E-state index in [1.54, 1.807) is 19.1 Å². The molecule has 0 aliphatic rings. The Labute approximate surface area is 179 Å². The molecule has 0 saturated carbocycles. The number of nitrogens with zero attached hydrogens (tertiary/aromatic N) is 5. The number of H-pyrrole nitrogens is 1. The van der Waals surface area contributed by atoms with E-state index >= 15 is 0 Å². The van der Waals surface area contributed by atoms with Gasteiger partial charge in [0.05, 0.1) is 6.42 Å². The fraction of sp³-hybridized carbons (Fsp3) is 0.350. The third kappa shape index (κ3) is 7.30. The summed E-state index contributed by atoms with van der Waals surface area (Å²) >= 11 is 0. The van der Waals surface area contributed by atoms with Gasteiger partial charge in [-0.3, -0.25) is 9.89 Å². The Morgan fingerprint density at radius 1 is 1.16 bits per heavy atom. The lowest BCUT2D eigenvalue weighted by atomic mass is 10.2. The zero-order chi connectivity index (χ0) is 22.2. The maximum absolute atomic E-state index is 13.2. The van der Waals surface area contributed by atoms with Gasteiger partial charge in [0.15, 0.2) is 5.82 Å². The van der Waals surface area contributed by atoms with E-state index in [1.807, 2.05) is 14.1 Å². The smallest absolute Gasteiger partial charge is 0.233 e. The lowest BCUT2D eigenvalue weighted by Gasteiger charge is -2.10. The average Bonchev–Trinajstić information content (AvgIpc) is 3.11. The molecule has 1 aromatic carbocycles. The zero-order valence-corrected chi connectivity index (χ0v) is 17.7. The predicted octanol–water partition coefficient (Wildman–Crippen LogP) is 2.33. The molecule has 0 spiro atoms. The van der Waals surface area contributed by atoms with Gasteiger partial charge in [-0.05, 0) is 52.2 Å². The number of hydrogen-bond acceptors (Lipinski definition) is 8. The monoisotopic (exact) mass is 427 g/mol. The van der Waals surface area contributed by atoms with E-state index in [2.05, 4.69) is 46.0 Å². The van der Waals surface area contributed by atoms with Gasteiger partial charge in [0.2, 0.25) is 17.8 Å². The van der Waals surface area contributed by atoms with Gasteiger partial charge >= 0.3 is 0 Å². The number of aryl methyl sites for hydroxylation is 1. The second-order valence-corrected chi connectivity index (χ2v) is 7.25. The fourth-order valence-corrected chi connectivity index (χ4v) is 2.79. The van der Waals surface area contributed by atoms with Crippen molar-refractivity contribution in [3.8, 4) is 0 Å². The summed E-state index contributed by atoms with van der Waals surface area (Å²) in [4.78, 5) is 27.2. The summed E-state index contributed by atoms with van der Waals surface area (Å²) < 4.78 is 13.2. The van der Waals surface area contributed by atoms with Gasteiger partial charge in [-0.2, -0.15) is 20.1 Å². The molecule has 2 aromatic heterocycles. The number of aromatic amines is 1. The Hall–Kier alpha value is -3.60. The standard InChI is InChI=1S/C20H26FN9O/c1-13-23-19(22-8-5-9-30(2)3)27-20(24-13)26-17-11-16(28-29-17)12-18(31)25-15-7-4-6-14(21)10-15/h4,6-7,10-11H,5,8-9,12H2,1-3H3,(H,25,31)(H3,22,23,24,26,27,28,29). The number of hydrogen-bond donors (Lipinski definition) is 4. The highest BCUT2D eigenvalue weighted by molar-refractivity contribution is 5.92. The molecule has 10 nitrogen and oxygen atoms in total. The minimum absolute atomic E-state index is 0.0557. The summed E-state index contributed by atoms with van der Waals surface area (Å²) in [6.07, 6.45) is 1.01. The Balaban J connectivity index is 1.55. The molecule has 3 aromatic rings. The molecular formula is C20H26FN9O. The summed E-state index contributed by atoms with van der Waals surface area (Å²) in [7, 11) is 4.05. The number of aromatic nitrogens is 5. The Kier molecular flexibility index (Phi) is 7.44. The van der Waals surface area contributed by atoms with Crippen molar-refractivity contribution in [2.45, 2.75) is 19.8 Å². The van der Waals surface area contributed by atoms with Crippen LogP contribution in [0.1, 0.15) is 17.9 Å². The zero-order valence-electron chi connectivity index (χ0n) is 17.7. The highest BCUT2D eigenvalue weighted by Gasteiger charge is 2.10. The highest BCUT2D eigenvalue weighted by Crippen LogP contribution is 2.14. The number of anilines is 4. The lowest BCUT2D eigenvalue weighted by Crippen LogP contribution is -2.17. The number of rotatable bonds is 10. The molecule has 3 rings (SSSR count). The Morgan fingerprint density at radius 3 is 2.74 bits per heavy atom. The number of halogens is 1. The normalized spacial score (nSPS) is 10.9. The van der Waals surface area contributed by atoms with Gasteiger partial charge in [-0.15, -0.1) is 0 Å². The fourth-order valence-electron chi connectivity index (χ4n) is 2.79. The SMILES string of the molecule is Cc1nc(NCCCN(C)C)nc(Nc2cc(CC(=O)Nc3cccc(F)c3)[nH]n2)n1. The van der Waals surface area contributed by atoms with Crippen LogP contribution in [-0.4, -0.2) is 63.1 Å². The topological polar surface area (TPSA) is 124 Å². The molecule has 1 amide bonds. The molecule has 0 atom stereocenters. The van der Waals surface area contributed by atoms with Crippen LogP contribution in [0.25, 0.3) is 0 Å². The van der Waals surface area contributed by atoms with Crippen molar-refractivity contribution in [2.24, 2.45) is 0 Å². The minimum Gasteiger partial charge on any atom is -0.354 e. The van der Waals surface area contributed by atoms with Crippen LogP contribution in [0.2, 0.25) is 0 Å². The molecule has 4 N–H and O–H groups in total. The summed E-state index contributed by atoms with van der Waals surface area (Å²) in [5.41, 5.74) is 0.985. The summed E-state index contributed by atoms with van der Waals surface area (Å²) in [6.45, 7) is 3.49. The lowest BCUT2D eigenvalue weighted by molar-refractivity contribution is -0.115. The molecule has 0 unspecified atom stereocenters. The Morgan fingerprint density at radius 2 is 1.97 bits per heavy atom. The van der Waals surface area contributed by atoms with Crippen molar-refractivity contribution in [2.75, 3.05) is 43.1 Å². The van der Waals surface area contributed by atoms with E-state index in [0.717, 1.165) is 19.5 Å². The van der Waals surface area contributed by atoms with Gasteiger partial charge in [-0.1, -0.05) is 6.07 Å². The molecule has 0 bridgehead atoms. The van der Waals surface area contributed by atoms with Crippen LogP contribution < -0.4 is 16.0 Å². The van der Waals surface area contributed by atoms with E-state index < -0.39 is 5.82 Å². The number of carbonyl (C=O) groups excluding carboxylic acids is 1. The highest BCUT2D eigenvalue weighted by atomic mass is 19.1. The van der Waals surface area contributed by atoms with E-state index in [1.165, 1.54) is 18.2 Å². The first kappa shape index (κ1) is 22.1. The molecule has 0 aliphatic carbocycles. The van der Waals surface area contributed by atoms with Crippen molar-refractivity contribution in [1.82, 2.24) is 30.0 Å². The maximum atomic E-state index is 13.2. The second-order valence-electron chi connectivity index (χ2n) is 7.25. The van der Waals surface area contributed by atoms with Gasteiger partial charge in [0.1, 0.15) is 11.6 Å². The van der Waals surface area contributed by atoms with Gasteiger partial charge in [0, 0.05) is 24.0 Å². The third-order valence-electron chi connectivity index (χ3n) is 4.14. The summed E-state index contributed by atoms with van der Waals surface area (Å²) in [5.74, 6) is 1.17. The summed E-state index contributed by atoms with van der Waals surface area (Å²) in [5, 5.41) is 15.8. The first-order valence-electron chi connectivity index (χ1n) is 9.85. The van der Waals surface area contributed by atoms with Crippen molar-refractivity contribution < 1.29 is 9.18 Å². The van der Waals surface area contributed by atoms with Crippen LogP contribution in [0.3, 0.4) is 0 Å². The van der Waals surface area contributed by atoms with Crippen molar-refractivity contribution >= 4 is 29.3 Å². The number of benzene rings is 1. The van der Waals surface area contributed by atoms with Crippen LogP contribution in [0.4, 0.5) is 27.8 Å². The van der Waals surface area contributed by atoms with Crippen molar-refractivity contribution in [3.05, 3.63) is 47.7 Å². The molecule has 11 heteroatoms. The number of nitrogens with one attached hydrogen (secondary N) is 4. The number of amides is 1. The summed E-state index contributed by atoms with van der Waals surface area (Å²) in [6, 6.07) is 7.42. The molecular weight excluding hydrogens is 401 g/mol. The van der Waals surface area contributed by atoms with Gasteiger partial charge in [0.25, 0.3) is 0 Å². The molecule has 0 fully saturated rings. The van der Waals surface area contributed by atoms with E-state index in [-0.39, 0.29) is 12.3 Å². The molecule has 0 radical (unpaired) electrons. The van der Waals surface area contributed by atoms with Gasteiger partial charge < -0.3 is 20.9 Å². The van der Waals surface area contributed by atoms with E-state index in [0.29, 0.717) is 34.9 Å². The predicted molar refractivity (Wildman–Crippen MR) is 117 cm³/mol. The average molecular weight is 427 g/mol.